The molecule has 7 nitrogen and oxygen atoms in total. The van der Waals surface area contributed by atoms with Crippen molar-refractivity contribution in [1.29, 1.82) is 0 Å². The molecule has 8 heteroatoms. The number of aliphatic carboxylic acids is 1. The van der Waals surface area contributed by atoms with E-state index in [9.17, 15) is 18.0 Å². The van der Waals surface area contributed by atoms with Gasteiger partial charge in [-0.3, -0.25) is 13.9 Å². The molecule has 2 heterocycles. The van der Waals surface area contributed by atoms with Crippen LogP contribution in [0, 0.1) is 5.92 Å². The zero-order chi connectivity index (χ0) is 18.7. The highest BCUT2D eigenvalue weighted by molar-refractivity contribution is 7.74. The minimum absolute atomic E-state index is 0.00772. The normalized spacial score (nSPS) is 17.8. The van der Waals surface area contributed by atoms with Gasteiger partial charge in [-0.15, -0.1) is 0 Å². The molecular weight excluding hydrogens is 356 g/mol. The molecule has 26 heavy (non-hydrogen) atoms. The van der Waals surface area contributed by atoms with Crippen molar-refractivity contribution in [1.82, 2.24) is 4.90 Å². The Morgan fingerprint density at radius 2 is 1.85 bits per heavy atom. The lowest BCUT2D eigenvalue weighted by molar-refractivity contribution is -0.145. The molecule has 1 aromatic rings. The fourth-order valence-electron chi connectivity index (χ4n) is 3.49. The Morgan fingerprint density at radius 3 is 2.50 bits per heavy atom. The highest BCUT2D eigenvalue weighted by atomic mass is 32.2. The number of amides is 1. The molecule has 2 aliphatic rings. The van der Waals surface area contributed by atoms with E-state index in [-0.39, 0.29) is 18.4 Å². The van der Waals surface area contributed by atoms with Crippen molar-refractivity contribution in [3.8, 4) is 0 Å². The number of likely N-dealkylation sites (tertiary alicyclic amines) is 1. The van der Waals surface area contributed by atoms with E-state index in [0.717, 1.165) is 11.1 Å². The van der Waals surface area contributed by atoms with E-state index in [0.29, 0.717) is 44.5 Å². The van der Waals surface area contributed by atoms with Crippen molar-refractivity contribution < 1.29 is 23.1 Å². The molecule has 3 rings (SSSR count). The summed E-state index contributed by atoms with van der Waals surface area (Å²) in [5.41, 5.74) is 2.40. The molecule has 1 N–H and O–H groups in total. The highest BCUT2D eigenvalue weighted by Gasteiger charge is 2.27. The number of rotatable bonds is 5. The molecule has 2 aliphatic heterocycles. The largest absolute Gasteiger partial charge is 0.481 e. The van der Waals surface area contributed by atoms with Gasteiger partial charge in [0.2, 0.25) is 16.8 Å². The lowest BCUT2D eigenvalue weighted by Gasteiger charge is -2.31. The van der Waals surface area contributed by atoms with Gasteiger partial charge in [0.25, 0.3) is 0 Å². The van der Waals surface area contributed by atoms with Gasteiger partial charge in [-0.05, 0) is 36.5 Å². The van der Waals surface area contributed by atoms with Gasteiger partial charge in [0, 0.05) is 19.5 Å². The van der Waals surface area contributed by atoms with Crippen LogP contribution in [0.15, 0.2) is 29.8 Å². The predicted molar refractivity (Wildman–Crippen MR) is 98.3 cm³/mol. The molecule has 0 bridgehead atoms. The number of anilines is 1. The van der Waals surface area contributed by atoms with Crippen molar-refractivity contribution in [2.75, 3.05) is 23.9 Å². The maximum atomic E-state index is 12.4. The van der Waals surface area contributed by atoms with E-state index >= 15 is 0 Å². The number of carbonyl (C=O) groups excluding carboxylic acids is 1. The Labute approximate surface area is 154 Å². The van der Waals surface area contributed by atoms with Crippen LogP contribution in [0.5, 0.6) is 0 Å². The first kappa shape index (κ1) is 18.4. The minimum atomic E-state index is -2.74. The van der Waals surface area contributed by atoms with Crippen LogP contribution in [0.2, 0.25) is 0 Å². The maximum absolute atomic E-state index is 12.4. The predicted octanol–water partition coefficient (Wildman–Crippen LogP) is 1.52. The topological polar surface area (TPSA) is 95.0 Å². The average molecular weight is 378 g/mol. The summed E-state index contributed by atoms with van der Waals surface area (Å²) in [6.07, 6.45) is 3.72. The van der Waals surface area contributed by atoms with Crippen molar-refractivity contribution in [2.24, 2.45) is 5.92 Å². The number of para-hydroxylation sites is 1. The Bertz CT molecular complexity index is 802. The van der Waals surface area contributed by atoms with E-state index < -0.39 is 16.9 Å². The van der Waals surface area contributed by atoms with Gasteiger partial charge in [0.05, 0.1) is 18.2 Å². The van der Waals surface area contributed by atoms with Crippen LogP contribution in [0.25, 0.3) is 6.08 Å². The molecule has 0 spiro atoms. The fraction of sp³-hybridized carbons (Fsp3) is 0.444. The SMILES string of the molecule is O=C(O)C1CCN(C(=O)CCC2=Cc3ccccc3N([SH](=O)=O)C2)CC1. The van der Waals surface area contributed by atoms with Crippen LogP contribution in [-0.2, 0) is 20.5 Å². The first-order chi connectivity index (χ1) is 12.5. The first-order valence-corrected chi connectivity index (χ1v) is 9.79. The number of carboxylic acids is 1. The summed E-state index contributed by atoms with van der Waals surface area (Å²) in [5.74, 6) is -1.17. The first-order valence-electron chi connectivity index (χ1n) is 8.66. The molecule has 0 atom stereocenters. The Balaban J connectivity index is 1.61. The number of carbonyl (C=O) groups is 2. The second-order valence-corrected chi connectivity index (χ2v) is 7.61. The Kier molecular flexibility index (Phi) is 5.61. The number of carboxylic acid groups (broad SMARTS) is 1. The molecule has 0 saturated carbocycles. The summed E-state index contributed by atoms with van der Waals surface area (Å²) < 4.78 is 24.4. The summed E-state index contributed by atoms with van der Waals surface area (Å²) in [7, 11) is -2.74. The third kappa shape index (κ3) is 4.07. The van der Waals surface area contributed by atoms with Crippen LogP contribution in [0.4, 0.5) is 5.69 Å². The molecule has 0 unspecified atom stereocenters. The standard InChI is InChI=1S/C18H22N2O5S/c21-17(19-9-7-14(8-10-19)18(22)23)6-5-13-11-15-3-1-2-4-16(15)20(12-13)26(24)25/h1-4,11,14,26H,5-10,12H2,(H,22,23). The van der Waals surface area contributed by atoms with Gasteiger partial charge in [-0.25, -0.2) is 8.42 Å². The van der Waals surface area contributed by atoms with E-state index in [2.05, 4.69) is 0 Å². The number of piperidine rings is 1. The second kappa shape index (κ2) is 7.90. The van der Waals surface area contributed by atoms with E-state index in [1.165, 1.54) is 4.31 Å². The molecule has 0 aromatic heterocycles. The van der Waals surface area contributed by atoms with Crippen molar-refractivity contribution in [3.63, 3.8) is 0 Å². The third-order valence-electron chi connectivity index (χ3n) is 4.98. The van der Waals surface area contributed by atoms with Gasteiger partial charge in [-0.2, -0.15) is 0 Å². The summed E-state index contributed by atoms with van der Waals surface area (Å²) in [4.78, 5) is 25.1. The van der Waals surface area contributed by atoms with Gasteiger partial charge >= 0.3 is 5.97 Å². The molecule has 1 aromatic carbocycles. The second-order valence-electron chi connectivity index (χ2n) is 6.65. The van der Waals surface area contributed by atoms with Gasteiger partial charge in [0.15, 0.2) is 0 Å². The lowest BCUT2D eigenvalue weighted by Crippen LogP contribution is -2.40. The molecule has 1 fully saturated rings. The van der Waals surface area contributed by atoms with Gasteiger partial charge < -0.3 is 10.0 Å². The van der Waals surface area contributed by atoms with Crippen LogP contribution < -0.4 is 4.31 Å². The van der Waals surface area contributed by atoms with Gasteiger partial charge in [0.1, 0.15) is 0 Å². The zero-order valence-electron chi connectivity index (χ0n) is 14.3. The van der Waals surface area contributed by atoms with Crippen molar-refractivity contribution in [3.05, 3.63) is 35.4 Å². The average Bonchev–Trinajstić information content (AvgIpc) is 2.65. The number of nitrogens with zero attached hydrogens (tertiary/aromatic N) is 2. The van der Waals surface area contributed by atoms with Crippen molar-refractivity contribution in [2.45, 2.75) is 25.7 Å². The van der Waals surface area contributed by atoms with Crippen LogP contribution >= 0.6 is 0 Å². The molecule has 1 amide bonds. The summed E-state index contributed by atoms with van der Waals surface area (Å²) in [5, 5.41) is 9.02. The summed E-state index contributed by atoms with van der Waals surface area (Å²) >= 11 is 0. The quantitative estimate of drug-likeness (QED) is 0.758. The molecule has 0 aliphatic carbocycles. The molecular formula is C18H22N2O5S. The number of hydrogen-bond acceptors (Lipinski definition) is 4. The number of hydrogen-bond donors (Lipinski definition) is 2. The third-order valence-corrected chi connectivity index (χ3v) is 5.73. The highest BCUT2D eigenvalue weighted by Crippen LogP contribution is 2.30. The summed E-state index contributed by atoms with van der Waals surface area (Å²) in [6.45, 7) is 1.20. The minimum Gasteiger partial charge on any atom is -0.481 e. The maximum Gasteiger partial charge on any atom is 0.306 e. The molecule has 0 radical (unpaired) electrons. The monoisotopic (exact) mass is 378 g/mol. The Hall–Kier alpha value is -2.35. The Morgan fingerprint density at radius 1 is 1.15 bits per heavy atom. The fourth-order valence-corrected chi connectivity index (χ4v) is 4.14. The van der Waals surface area contributed by atoms with Crippen LogP contribution in [-0.4, -0.2) is 49.9 Å². The number of benzene rings is 1. The van der Waals surface area contributed by atoms with Crippen molar-refractivity contribution >= 4 is 34.5 Å². The van der Waals surface area contributed by atoms with Gasteiger partial charge in [-0.1, -0.05) is 24.3 Å². The van der Waals surface area contributed by atoms with Crippen LogP contribution in [0.3, 0.4) is 0 Å². The summed E-state index contributed by atoms with van der Waals surface area (Å²) in [6, 6.07) is 7.28. The molecule has 1 saturated heterocycles. The lowest BCUT2D eigenvalue weighted by atomic mass is 9.96. The van der Waals surface area contributed by atoms with Crippen LogP contribution in [0.1, 0.15) is 31.2 Å². The van der Waals surface area contributed by atoms with E-state index in [1.54, 1.807) is 17.0 Å². The number of thiol groups is 1. The number of fused-ring (bicyclic) bond motifs is 1. The zero-order valence-corrected chi connectivity index (χ0v) is 15.2. The smallest absolute Gasteiger partial charge is 0.306 e. The van der Waals surface area contributed by atoms with E-state index in [1.807, 2.05) is 18.2 Å². The molecule has 140 valence electrons. The van der Waals surface area contributed by atoms with E-state index in [4.69, 9.17) is 5.11 Å².